The fraction of sp³-hybridized carbons (Fsp3) is 0.769. The number of hydrogen-bond donors (Lipinski definition) is 1. The van der Waals surface area contributed by atoms with Crippen LogP contribution in [0.5, 0.6) is 0 Å². The van der Waals surface area contributed by atoms with Crippen molar-refractivity contribution in [2.75, 3.05) is 7.05 Å². The average Bonchev–Trinajstić information content (AvgIpc) is 2.84. The van der Waals surface area contributed by atoms with Crippen LogP contribution in [0.3, 0.4) is 0 Å². The Morgan fingerprint density at radius 2 is 2.29 bits per heavy atom. The molecule has 4 heteroatoms. The number of halogens is 1. The molecule has 0 aromatic carbocycles. The number of nitrogens with zero attached hydrogens (tertiary/aromatic N) is 2. The van der Waals surface area contributed by atoms with Gasteiger partial charge in [0.2, 0.25) is 0 Å². The molecule has 3 nitrogen and oxygen atoms in total. The number of rotatable bonds is 4. The highest BCUT2D eigenvalue weighted by Crippen LogP contribution is 2.41. The van der Waals surface area contributed by atoms with Crippen molar-refractivity contribution in [1.29, 1.82) is 0 Å². The maximum absolute atomic E-state index is 6.31. The highest BCUT2D eigenvalue weighted by atomic mass is 35.5. The Kier molecular flexibility index (Phi) is 4.10. The molecule has 17 heavy (non-hydrogen) atoms. The van der Waals surface area contributed by atoms with Gasteiger partial charge in [-0.3, -0.25) is 4.68 Å². The summed E-state index contributed by atoms with van der Waals surface area (Å²) in [4.78, 5) is 0. The van der Waals surface area contributed by atoms with Gasteiger partial charge in [0.25, 0.3) is 0 Å². The van der Waals surface area contributed by atoms with Crippen LogP contribution < -0.4 is 5.32 Å². The van der Waals surface area contributed by atoms with Gasteiger partial charge in [0.15, 0.2) is 0 Å². The van der Waals surface area contributed by atoms with E-state index in [2.05, 4.69) is 36.0 Å². The van der Waals surface area contributed by atoms with Crippen molar-refractivity contribution in [2.45, 2.75) is 51.6 Å². The summed E-state index contributed by atoms with van der Waals surface area (Å²) in [6.45, 7) is 5.46. The van der Waals surface area contributed by atoms with Gasteiger partial charge < -0.3 is 5.32 Å². The summed E-state index contributed by atoms with van der Waals surface area (Å²) < 4.78 is 2.10. The van der Waals surface area contributed by atoms with E-state index in [-0.39, 0.29) is 0 Å². The number of aryl methyl sites for hydroxylation is 1. The molecule has 1 aliphatic carbocycles. The van der Waals surface area contributed by atoms with Gasteiger partial charge in [-0.25, -0.2) is 0 Å². The third kappa shape index (κ3) is 2.36. The molecule has 2 rings (SSSR count). The highest BCUT2D eigenvalue weighted by molar-refractivity contribution is 6.31. The van der Waals surface area contributed by atoms with Crippen molar-refractivity contribution >= 4 is 11.6 Å². The Labute approximate surface area is 109 Å². The van der Waals surface area contributed by atoms with E-state index in [4.69, 9.17) is 11.6 Å². The van der Waals surface area contributed by atoms with Crippen molar-refractivity contribution < 1.29 is 0 Å². The minimum Gasteiger partial charge on any atom is -0.317 e. The second-order valence-corrected chi connectivity index (χ2v) is 5.45. The van der Waals surface area contributed by atoms with Crippen LogP contribution in [0.2, 0.25) is 5.02 Å². The lowest BCUT2D eigenvalue weighted by Crippen LogP contribution is -2.29. The third-order valence-corrected chi connectivity index (χ3v) is 4.34. The van der Waals surface area contributed by atoms with E-state index in [1.165, 1.54) is 18.5 Å². The molecule has 0 spiro atoms. The lowest BCUT2D eigenvalue weighted by molar-refractivity contribution is 0.410. The molecular weight excluding hydrogens is 234 g/mol. The molecule has 1 aromatic heterocycles. The Balaban J connectivity index is 2.25. The number of hydrogen-bond acceptors (Lipinski definition) is 2. The summed E-state index contributed by atoms with van der Waals surface area (Å²) in [6.07, 6.45) is 5.34. The first-order chi connectivity index (χ1) is 8.19. The Morgan fingerprint density at radius 1 is 1.53 bits per heavy atom. The van der Waals surface area contributed by atoms with Crippen LogP contribution in [0, 0.1) is 5.92 Å². The van der Waals surface area contributed by atoms with Crippen molar-refractivity contribution in [2.24, 2.45) is 5.92 Å². The van der Waals surface area contributed by atoms with Crippen LogP contribution >= 0.6 is 11.6 Å². The molecule has 0 amide bonds. The van der Waals surface area contributed by atoms with Crippen LogP contribution in [0.4, 0.5) is 0 Å². The van der Waals surface area contributed by atoms with Gasteiger partial charge in [0, 0.05) is 18.5 Å². The molecule has 1 aromatic rings. The van der Waals surface area contributed by atoms with E-state index in [1.54, 1.807) is 6.20 Å². The first-order valence-corrected chi connectivity index (χ1v) is 6.95. The summed E-state index contributed by atoms with van der Waals surface area (Å²) in [6, 6.07) is 0.612. The second-order valence-electron chi connectivity index (χ2n) is 5.04. The predicted octanol–water partition coefficient (Wildman–Crippen LogP) is 3.05. The van der Waals surface area contributed by atoms with E-state index in [9.17, 15) is 0 Å². The third-order valence-electron chi connectivity index (χ3n) is 4.05. The minimum absolute atomic E-state index is 0.550. The van der Waals surface area contributed by atoms with Gasteiger partial charge in [-0.2, -0.15) is 5.10 Å². The normalized spacial score (nSPS) is 28.8. The van der Waals surface area contributed by atoms with Gasteiger partial charge in [0.05, 0.1) is 16.9 Å². The minimum atomic E-state index is 0.550. The SMILES string of the molecule is CCCn1ncc(Cl)c1C1CCC(NC)C1C. The first kappa shape index (κ1) is 12.9. The Morgan fingerprint density at radius 3 is 2.88 bits per heavy atom. The molecule has 0 saturated heterocycles. The zero-order valence-electron chi connectivity index (χ0n) is 10.9. The molecule has 1 fully saturated rings. The van der Waals surface area contributed by atoms with Gasteiger partial charge in [0.1, 0.15) is 0 Å². The zero-order chi connectivity index (χ0) is 12.4. The molecule has 1 saturated carbocycles. The second kappa shape index (κ2) is 5.40. The van der Waals surface area contributed by atoms with Gasteiger partial charge in [-0.15, -0.1) is 0 Å². The van der Waals surface area contributed by atoms with Gasteiger partial charge in [-0.05, 0) is 32.2 Å². The molecule has 3 atom stereocenters. The smallest absolute Gasteiger partial charge is 0.0820 e. The van der Waals surface area contributed by atoms with Crippen LogP contribution in [-0.4, -0.2) is 22.9 Å². The molecule has 1 heterocycles. The largest absolute Gasteiger partial charge is 0.317 e. The van der Waals surface area contributed by atoms with Crippen LogP contribution in [0.25, 0.3) is 0 Å². The molecule has 0 radical (unpaired) electrons. The summed E-state index contributed by atoms with van der Waals surface area (Å²) in [5.74, 6) is 1.18. The summed E-state index contributed by atoms with van der Waals surface area (Å²) in [5, 5.41) is 8.64. The molecule has 1 N–H and O–H groups in total. The summed E-state index contributed by atoms with van der Waals surface area (Å²) >= 11 is 6.31. The summed E-state index contributed by atoms with van der Waals surface area (Å²) in [5.41, 5.74) is 1.25. The zero-order valence-corrected chi connectivity index (χ0v) is 11.7. The van der Waals surface area contributed by atoms with Crippen LogP contribution in [0.15, 0.2) is 6.20 Å². The fourth-order valence-electron chi connectivity index (χ4n) is 3.09. The quantitative estimate of drug-likeness (QED) is 0.896. The van der Waals surface area contributed by atoms with Crippen molar-refractivity contribution in [1.82, 2.24) is 15.1 Å². The topological polar surface area (TPSA) is 29.9 Å². The van der Waals surface area contributed by atoms with Crippen LogP contribution in [0.1, 0.15) is 44.7 Å². The fourth-order valence-corrected chi connectivity index (χ4v) is 3.37. The maximum Gasteiger partial charge on any atom is 0.0820 e. The van der Waals surface area contributed by atoms with Gasteiger partial charge >= 0.3 is 0 Å². The van der Waals surface area contributed by atoms with E-state index in [0.717, 1.165) is 18.0 Å². The van der Waals surface area contributed by atoms with E-state index in [0.29, 0.717) is 17.9 Å². The molecule has 0 aliphatic heterocycles. The molecule has 1 aliphatic rings. The maximum atomic E-state index is 6.31. The molecule has 3 unspecified atom stereocenters. The van der Waals surface area contributed by atoms with Crippen LogP contribution in [-0.2, 0) is 6.54 Å². The Bertz CT molecular complexity index is 375. The van der Waals surface area contributed by atoms with E-state index in [1.807, 2.05) is 0 Å². The predicted molar refractivity (Wildman–Crippen MR) is 71.5 cm³/mol. The number of nitrogens with one attached hydrogen (secondary N) is 1. The lowest BCUT2D eigenvalue weighted by atomic mass is 9.92. The lowest BCUT2D eigenvalue weighted by Gasteiger charge is -2.21. The van der Waals surface area contributed by atoms with Crippen molar-refractivity contribution in [3.05, 3.63) is 16.9 Å². The van der Waals surface area contributed by atoms with E-state index >= 15 is 0 Å². The molecular formula is C13H22ClN3. The first-order valence-electron chi connectivity index (χ1n) is 6.57. The number of aromatic nitrogens is 2. The van der Waals surface area contributed by atoms with Crippen molar-refractivity contribution in [3.8, 4) is 0 Å². The average molecular weight is 256 g/mol. The molecule has 0 bridgehead atoms. The Hall–Kier alpha value is -0.540. The van der Waals surface area contributed by atoms with E-state index < -0.39 is 0 Å². The highest BCUT2D eigenvalue weighted by Gasteiger charge is 2.35. The monoisotopic (exact) mass is 255 g/mol. The molecule has 96 valence electrons. The van der Waals surface area contributed by atoms with Crippen molar-refractivity contribution in [3.63, 3.8) is 0 Å². The van der Waals surface area contributed by atoms with Gasteiger partial charge in [-0.1, -0.05) is 25.4 Å². The summed E-state index contributed by atoms with van der Waals surface area (Å²) in [7, 11) is 2.05. The standard InChI is InChI=1S/C13H22ClN3/c1-4-7-17-13(11(14)8-16-17)10-5-6-12(15-3)9(10)2/h8-10,12,15H,4-7H2,1-3H3.